The van der Waals surface area contributed by atoms with Crippen LogP contribution in [-0.2, 0) is 14.8 Å². The van der Waals surface area contributed by atoms with Crippen LogP contribution in [0, 0.1) is 0 Å². The molecule has 2 N–H and O–H groups in total. The summed E-state index contributed by atoms with van der Waals surface area (Å²) in [7, 11) is -0.663. The van der Waals surface area contributed by atoms with Crippen molar-refractivity contribution in [2.75, 3.05) is 19.4 Å². The average molecular weight is 273 g/mol. The van der Waals surface area contributed by atoms with E-state index in [9.17, 15) is 13.2 Å². The lowest BCUT2D eigenvalue weighted by molar-refractivity contribution is -0.137. The Morgan fingerprint density at radius 1 is 1.44 bits per heavy atom. The van der Waals surface area contributed by atoms with Crippen molar-refractivity contribution in [3.05, 3.63) is 18.3 Å². The highest BCUT2D eigenvalue weighted by Gasteiger charge is 2.18. The van der Waals surface area contributed by atoms with E-state index in [1.54, 1.807) is 0 Å². The molecule has 0 radical (unpaired) electrons. The summed E-state index contributed by atoms with van der Waals surface area (Å²) < 4.78 is 24.6. The normalized spacial score (nSPS) is 13.3. The molecule has 1 heterocycles. The molecule has 1 atom stereocenters. The number of nitrogens with one attached hydrogen (secondary N) is 1. The molecule has 1 unspecified atom stereocenters. The van der Waals surface area contributed by atoms with E-state index in [1.165, 1.54) is 39.3 Å². The monoisotopic (exact) mass is 273 g/mol. The first-order chi connectivity index (χ1) is 8.25. The van der Waals surface area contributed by atoms with Crippen molar-refractivity contribution >= 4 is 21.8 Å². The fraction of sp³-hybridized carbons (Fsp3) is 0.400. The van der Waals surface area contributed by atoms with Gasteiger partial charge in [-0.1, -0.05) is 0 Å². The number of carboxylic acids is 1. The zero-order valence-electron chi connectivity index (χ0n) is 10.3. The molecule has 0 amide bonds. The smallest absolute Gasteiger partial charge is 0.325 e. The molecule has 1 rings (SSSR count). The Morgan fingerprint density at radius 3 is 2.44 bits per heavy atom. The van der Waals surface area contributed by atoms with Crippen molar-refractivity contribution in [3.8, 4) is 0 Å². The van der Waals surface area contributed by atoms with Crippen molar-refractivity contribution in [1.82, 2.24) is 9.29 Å². The third-order valence-electron chi connectivity index (χ3n) is 2.25. The van der Waals surface area contributed by atoms with Gasteiger partial charge in [0.2, 0.25) is 10.0 Å². The van der Waals surface area contributed by atoms with Crippen LogP contribution in [0.25, 0.3) is 0 Å². The standard InChI is InChI=1S/C10H15N3O4S/c1-7(10(14)15)12-9-5-4-8(6-11-9)18(16,17)13(2)3/h4-7H,1-3H3,(H,11,12)(H,14,15). The summed E-state index contributed by atoms with van der Waals surface area (Å²) in [4.78, 5) is 14.6. The number of nitrogens with zero attached hydrogens (tertiary/aromatic N) is 2. The van der Waals surface area contributed by atoms with Crippen molar-refractivity contribution in [2.45, 2.75) is 17.9 Å². The second-order valence-electron chi connectivity index (χ2n) is 3.87. The summed E-state index contributed by atoms with van der Waals surface area (Å²) >= 11 is 0. The fourth-order valence-corrected chi connectivity index (χ4v) is 1.96. The number of anilines is 1. The SMILES string of the molecule is CC(Nc1ccc(S(=O)(=O)N(C)C)cn1)C(=O)O. The minimum atomic E-state index is -3.51. The molecule has 0 fully saturated rings. The third kappa shape index (κ3) is 3.17. The van der Waals surface area contributed by atoms with Gasteiger partial charge in [0.15, 0.2) is 0 Å². The number of hydrogen-bond donors (Lipinski definition) is 2. The Kier molecular flexibility index (Phi) is 4.25. The summed E-state index contributed by atoms with van der Waals surface area (Å²) in [6.07, 6.45) is 1.19. The molecule has 0 aliphatic heterocycles. The minimum absolute atomic E-state index is 0.0565. The number of aliphatic carboxylic acids is 1. The van der Waals surface area contributed by atoms with Crippen LogP contribution in [0.4, 0.5) is 5.82 Å². The maximum Gasteiger partial charge on any atom is 0.325 e. The molecule has 0 saturated carbocycles. The number of rotatable bonds is 5. The number of carboxylic acid groups (broad SMARTS) is 1. The van der Waals surface area contributed by atoms with E-state index in [-0.39, 0.29) is 4.90 Å². The largest absolute Gasteiger partial charge is 0.480 e. The Balaban J connectivity index is 2.91. The third-order valence-corrected chi connectivity index (χ3v) is 4.05. The maximum atomic E-state index is 11.7. The summed E-state index contributed by atoms with van der Waals surface area (Å²) in [5.74, 6) is -0.704. The van der Waals surface area contributed by atoms with Crippen LogP contribution in [0.5, 0.6) is 0 Å². The molecule has 100 valence electrons. The van der Waals surface area contributed by atoms with E-state index in [0.717, 1.165) is 4.31 Å². The van der Waals surface area contributed by atoms with Gasteiger partial charge in [0.1, 0.15) is 16.8 Å². The van der Waals surface area contributed by atoms with Crippen LogP contribution in [0.15, 0.2) is 23.2 Å². The number of pyridine rings is 1. The van der Waals surface area contributed by atoms with Gasteiger partial charge in [-0.2, -0.15) is 0 Å². The molecule has 1 aromatic rings. The van der Waals surface area contributed by atoms with E-state index >= 15 is 0 Å². The van der Waals surface area contributed by atoms with Crippen molar-refractivity contribution in [3.63, 3.8) is 0 Å². The molecule has 0 saturated heterocycles. The Hall–Kier alpha value is -1.67. The summed E-state index contributed by atoms with van der Waals surface area (Å²) in [5.41, 5.74) is 0. The zero-order valence-corrected chi connectivity index (χ0v) is 11.1. The molecule has 1 aromatic heterocycles. The van der Waals surface area contributed by atoms with Gasteiger partial charge in [-0.25, -0.2) is 17.7 Å². The highest BCUT2D eigenvalue weighted by atomic mass is 32.2. The lowest BCUT2D eigenvalue weighted by Gasteiger charge is -2.12. The first kappa shape index (κ1) is 14.4. The fourth-order valence-electron chi connectivity index (χ4n) is 1.11. The lowest BCUT2D eigenvalue weighted by atomic mass is 10.3. The van der Waals surface area contributed by atoms with Crippen molar-refractivity contribution < 1.29 is 18.3 Å². The van der Waals surface area contributed by atoms with Crippen molar-refractivity contribution in [2.24, 2.45) is 0 Å². The van der Waals surface area contributed by atoms with E-state index in [2.05, 4.69) is 10.3 Å². The molecule has 0 aliphatic carbocycles. The van der Waals surface area contributed by atoms with Gasteiger partial charge in [0.25, 0.3) is 0 Å². The summed E-state index contributed by atoms with van der Waals surface area (Å²) in [6, 6.07) is 2.00. The van der Waals surface area contributed by atoms with Crippen LogP contribution >= 0.6 is 0 Å². The number of sulfonamides is 1. The summed E-state index contributed by atoms with van der Waals surface area (Å²) in [6.45, 7) is 1.47. The number of carbonyl (C=O) groups is 1. The Labute approximate surface area is 106 Å². The highest BCUT2D eigenvalue weighted by Crippen LogP contribution is 2.14. The molecule has 18 heavy (non-hydrogen) atoms. The van der Waals surface area contributed by atoms with E-state index in [0.29, 0.717) is 5.82 Å². The molecule has 0 bridgehead atoms. The maximum absolute atomic E-state index is 11.7. The van der Waals surface area contributed by atoms with Gasteiger partial charge < -0.3 is 10.4 Å². The minimum Gasteiger partial charge on any atom is -0.480 e. The highest BCUT2D eigenvalue weighted by molar-refractivity contribution is 7.89. The first-order valence-electron chi connectivity index (χ1n) is 5.13. The van der Waals surface area contributed by atoms with Gasteiger partial charge in [0, 0.05) is 20.3 Å². The van der Waals surface area contributed by atoms with E-state index in [4.69, 9.17) is 5.11 Å². The zero-order chi connectivity index (χ0) is 13.9. The van der Waals surface area contributed by atoms with E-state index in [1.807, 2.05) is 0 Å². The van der Waals surface area contributed by atoms with Crippen molar-refractivity contribution in [1.29, 1.82) is 0 Å². The lowest BCUT2D eigenvalue weighted by Crippen LogP contribution is -2.26. The van der Waals surface area contributed by atoms with Gasteiger partial charge >= 0.3 is 5.97 Å². The predicted octanol–water partition coefficient (Wildman–Crippen LogP) is 0.217. The molecule has 7 nitrogen and oxygen atoms in total. The Morgan fingerprint density at radius 2 is 2.06 bits per heavy atom. The molecule has 0 spiro atoms. The molecular weight excluding hydrogens is 258 g/mol. The average Bonchev–Trinajstić information content (AvgIpc) is 2.29. The topological polar surface area (TPSA) is 99.6 Å². The molecule has 0 aromatic carbocycles. The van der Waals surface area contributed by atoms with Gasteiger partial charge in [-0.05, 0) is 19.1 Å². The van der Waals surface area contributed by atoms with E-state index < -0.39 is 22.0 Å². The second-order valence-corrected chi connectivity index (χ2v) is 6.02. The van der Waals surface area contributed by atoms with Crippen LogP contribution in [-0.4, -0.2) is 48.9 Å². The number of hydrogen-bond acceptors (Lipinski definition) is 5. The van der Waals surface area contributed by atoms with Gasteiger partial charge in [-0.15, -0.1) is 0 Å². The van der Waals surface area contributed by atoms with Crippen LogP contribution in [0.2, 0.25) is 0 Å². The van der Waals surface area contributed by atoms with Crippen LogP contribution in [0.1, 0.15) is 6.92 Å². The summed E-state index contributed by atoms with van der Waals surface area (Å²) in [5, 5.41) is 11.3. The predicted molar refractivity (Wildman–Crippen MR) is 65.8 cm³/mol. The quantitative estimate of drug-likeness (QED) is 0.796. The number of aromatic nitrogens is 1. The van der Waals surface area contributed by atoms with Crippen LogP contribution in [0.3, 0.4) is 0 Å². The van der Waals surface area contributed by atoms with Gasteiger partial charge in [0.05, 0.1) is 0 Å². The first-order valence-corrected chi connectivity index (χ1v) is 6.57. The molecule has 0 aliphatic rings. The molecular formula is C10H15N3O4S. The Bertz CT molecular complexity index is 525. The van der Waals surface area contributed by atoms with Gasteiger partial charge in [-0.3, -0.25) is 4.79 Å². The molecule has 8 heteroatoms. The second kappa shape index (κ2) is 5.32. The van der Waals surface area contributed by atoms with Crippen LogP contribution < -0.4 is 5.32 Å².